The summed E-state index contributed by atoms with van der Waals surface area (Å²) in [6.07, 6.45) is -11.9. The van der Waals surface area contributed by atoms with Crippen LogP contribution in [0.4, 0.5) is 37.7 Å². The van der Waals surface area contributed by atoms with Crippen LogP contribution in [0.15, 0.2) is 84.9 Å². The van der Waals surface area contributed by atoms with Crippen LogP contribution in [0.2, 0.25) is 10.0 Å². The molecule has 0 aliphatic heterocycles. The first-order valence-electron chi connectivity index (χ1n) is 14.4. The number of alkyl halides is 6. The molecular weight excluding hydrogens is 665 g/mol. The first kappa shape index (κ1) is 35.8. The van der Waals surface area contributed by atoms with Gasteiger partial charge in [0, 0.05) is 11.1 Å². The minimum absolute atomic E-state index is 0.0448. The fraction of sp³-hybridized carbons (Fsp3) is 0.257. The molecule has 0 saturated carbocycles. The lowest BCUT2D eigenvalue weighted by molar-refractivity contribution is -0.288. The van der Waals surface area contributed by atoms with E-state index in [-0.39, 0.29) is 33.6 Å². The topological polar surface area (TPSA) is 58.2 Å². The summed E-state index contributed by atoms with van der Waals surface area (Å²) in [5.41, 5.74) is -6.94. The van der Waals surface area contributed by atoms with E-state index >= 15 is 26.3 Å². The van der Waals surface area contributed by atoms with Gasteiger partial charge in [0.25, 0.3) is 11.8 Å². The van der Waals surface area contributed by atoms with Gasteiger partial charge in [-0.3, -0.25) is 9.59 Å². The Labute approximate surface area is 278 Å². The number of rotatable bonds is 8. The van der Waals surface area contributed by atoms with Gasteiger partial charge >= 0.3 is 12.4 Å². The fourth-order valence-electron chi connectivity index (χ4n) is 5.40. The van der Waals surface area contributed by atoms with Crippen LogP contribution in [0.3, 0.4) is 0 Å². The number of nitrogens with one attached hydrogen (secondary N) is 2. The average molecular weight is 696 g/mol. The number of carbonyl (C=O) groups is 2. The molecule has 0 aliphatic carbocycles. The van der Waals surface area contributed by atoms with Crippen molar-refractivity contribution in [2.24, 2.45) is 0 Å². The van der Waals surface area contributed by atoms with E-state index in [1.165, 1.54) is 24.3 Å². The molecular formula is C35H30Cl2F6N2O2. The van der Waals surface area contributed by atoms with Crippen LogP contribution in [0.1, 0.15) is 82.5 Å². The maximum Gasteiger partial charge on any atom is 0.411 e. The van der Waals surface area contributed by atoms with Gasteiger partial charge in [-0.05, 0) is 70.5 Å². The molecule has 0 unspecified atom stereocenters. The molecule has 4 rings (SSSR count). The molecule has 4 aromatic rings. The number of anilines is 2. The van der Waals surface area contributed by atoms with E-state index in [0.717, 1.165) is 12.1 Å². The zero-order chi connectivity index (χ0) is 34.9. The summed E-state index contributed by atoms with van der Waals surface area (Å²) in [5, 5.41) is 4.06. The molecule has 2 amide bonds. The van der Waals surface area contributed by atoms with Crippen LogP contribution >= 0.6 is 23.2 Å². The maximum atomic E-state index is 15.3. The van der Waals surface area contributed by atoms with Gasteiger partial charge in [0.1, 0.15) is 0 Å². The second-order valence-corrected chi connectivity index (χ2v) is 12.4. The molecule has 0 aromatic heterocycles. The van der Waals surface area contributed by atoms with E-state index in [4.69, 9.17) is 23.2 Å². The third-order valence-electron chi connectivity index (χ3n) is 7.75. The lowest BCUT2D eigenvalue weighted by Gasteiger charge is -2.39. The molecule has 4 aromatic carbocycles. The number of amides is 2. The summed E-state index contributed by atoms with van der Waals surface area (Å²) in [4.78, 5) is 25.9. The van der Waals surface area contributed by atoms with Gasteiger partial charge in [0.05, 0.1) is 21.4 Å². The van der Waals surface area contributed by atoms with E-state index < -0.39 is 62.6 Å². The van der Waals surface area contributed by atoms with E-state index in [1.54, 1.807) is 64.1 Å². The normalized spacial score (nSPS) is 12.4. The smallest absolute Gasteiger partial charge is 0.320 e. The Hall–Kier alpha value is -4.02. The van der Waals surface area contributed by atoms with E-state index in [9.17, 15) is 9.59 Å². The lowest BCUT2D eigenvalue weighted by Crippen LogP contribution is -2.55. The molecule has 0 bridgehead atoms. The summed E-state index contributed by atoms with van der Waals surface area (Å²) in [6, 6.07) is 18.4. The average Bonchev–Trinajstić information content (AvgIpc) is 2.98. The minimum atomic E-state index is -5.95. The molecule has 47 heavy (non-hydrogen) atoms. The molecule has 0 radical (unpaired) electrons. The van der Waals surface area contributed by atoms with Crippen LogP contribution in [-0.2, 0) is 5.41 Å². The Kier molecular flexibility index (Phi) is 10.4. The maximum absolute atomic E-state index is 15.3. The Morgan fingerprint density at radius 2 is 0.894 bits per heavy atom. The number of benzene rings is 4. The molecule has 0 heterocycles. The first-order valence-corrected chi connectivity index (χ1v) is 15.2. The second kappa shape index (κ2) is 13.6. The highest BCUT2D eigenvalue weighted by Gasteiger charge is 2.73. The van der Waals surface area contributed by atoms with Crippen molar-refractivity contribution in [3.05, 3.63) is 128 Å². The highest BCUT2D eigenvalue weighted by molar-refractivity contribution is 6.35. The van der Waals surface area contributed by atoms with Crippen molar-refractivity contribution in [2.45, 2.75) is 57.3 Å². The van der Waals surface area contributed by atoms with E-state index in [1.807, 2.05) is 0 Å². The number of hydrogen-bond donors (Lipinski definition) is 2. The number of hydrogen-bond acceptors (Lipinski definition) is 2. The Balaban J connectivity index is 1.97. The van der Waals surface area contributed by atoms with Crippen molar-refractivity contribution in [2.75, 3.05) is 10.6 Å². The van der Waals surface area contributed by atoms with Gasteiger partial charge < -0.3 is 10.6 Å². The monoisotopic (exact) mass is 694 g/mol. The molecule has 2 N–H and O–H groups in total. The van der Waals surface area contributed by atoms with Gasteiger partial charge in [0.15, 0.2) is 0 Å². The zero-order valence-corrected chi connectivity index (χ0v) is 27.1. The molecule has 0 atom stereocenters. The quantitative estimate of drug-likeness (QED) is 0.180. The second-order valence-electron chi connectivity index (χ2n) is 11.5. The number of carbonyl (C=O) groups excluding carboxylic acids is 2. The molecule has 0 spiro atoms. The SMILES string of the molecule is CC(C)c1cc(C(c2cc(Cl)c(NC(=O)c3ccccc3)c(C(C)C)c2)(C(F)(F)F)C(F)(F)F)cc(Cl)c1NC(=O)c1ccccc1. The molecule has 0 aliphatic rings. The van der Waals surface area contributed by atoms with E-state index in [2.05, 4.69) is 10.6 Å². The van der Waals surface area contributed by atoms with Crippen molar-refractivity contribution < 1.29 is 35.9 Å². The van der Waals surface area contributed by atoms with Gasteiger partial charge in [-0.15, -0.1) is 0 Å². The largest absolute Gasteiger partial charge is 0.411 e. The summed E-state index contributed by atoms with van der Waals surface area (Å²) in [7, 11) is 0. The predicted octanol–water partition coefficient (Wildman–Crippen LogP) is 11.2. The molecule has 12 heteroatoms. The van der Waals surface area contributed by atoms with Crippen molar-refractivity contribution in [1.29, 1.82) is 0 Å². The lowest BCUT2D eigenvalue weighted by atomic mass is 9.71. The molecule has 248 valence electrons. The van der Waals surface area contributed by atoms with E-state index in [0.29, 0.717) is 12.1 Å². The summed E-state index contributed by atoms with van der Waals surface area (Å²) in [6.45, 7) is 6.20. The van der Waals surface area contributed by atoms with Gasteiger partial charge in [-0.25, -0.2) is 0 Å². The minimum Gasteiger partial charge on any atom is -0.320 e. The molecule has 0 fully saturated rings. The van der Waals surface area contributed by atoms with Crippen molar-refractivity contribution in [3.63, 3.8) is 0 Å². The number of halogens is 8. The Bertz CT molecular complexity index is 1640. The highest BCUT2D eigenvalue weighted by Crippen LogP contribution is 2.58. The van der Waals surface area contributed by atoms with Crippen LogP contribution in [-0.4, -0.2) is 24.2 Å². The Morgan fingerprint density at radius 1 is 0.574 bits per heavy atom. The summed E-state index contributed by atoms with van der Waals surface area (Å²) < 4.78 is 91.7. The third kappa shape index (κ3) is 6.99. The molecule has 0 saturated heterocycles. The van der Waals surface area contributed by atoms with Crippen LogP contribution < -0.4 is 10.6 Å². The standard InChI is InChI=1S/C35H30Cl2F6N2O2/c1-19(2)25-15-23(17-27(36)29(25)44-31(46)21-11-7-5-8-12-21)33(34(38,39)40,35(41,42)43)24-16-26(20(3)4)30(28(37)18-24)45-32(47)22-13-9-6-10-14-22/h5-20H,1-4H3,(H,44,46)(H,45,47). The molecule has 4 nitrogen and oxygen atoms in total. The zero-order valence-electron chi connectivity index (χ0n) is 25.6. The van der Waals surface area contributed by atoms with Crippen molar-refractivity contribution in [3.8, 4) is 0 Å². The third-order valence-corrected chi connectivity index (χ3v) is 8.35. The van der Waals surface area contributed by atoms with Gasteiger partial charge in [-0.2, -0.15) is 26.3 Å². The van der Waals surface area contributed by atoms with Crippen LogP contribution in [0.5, 0.6) is 0 Å². The highest BCUT2D eigenvalue weighted by atomic mass is 35.5. The first-order chi connectivity index (χ1) is 21.9. The van der Waals surface area contributed by atoms with Gasteiger partial charge in [0.2, 0.25) is 5.41 Å². The fourth-order valence-corrected chi connectivity index (χ4v) is 5.94. The van der Waals surface area contributed by atoms with Crippen LogP contribution in [0.25, 0.3) is 0 Å². The summed E-state index contributed by atoms with van der Waals surface area (Å²) >= 11 is 12.9. The van der Waals surface area contributed by atoms with Gasteiger partial charge in [-0.1, -0.05) is 99.4 Å². The van der Waals surface area contributed by atoms with Crippen molar-refractivity contribution >= 4 is 46.4 Å². The van der Waals surface area contributed by atoms with Crippen LogP contribution in [0, 0.1) is 0 Å². The summed E-state index contributed by atoms with van der Waals surface area (Å²) in [5.74, 6) is -2.63. The Morgan fingerprint density at radius 3 is 1.17 bits per heavy atom. The predicted molar refractivity (Wildman–Crippen MR) is 173 cm³/mol. The van der Waals surface area contributed by atoms with Crippen molar-refractivity contribution in [1.82, 2.24) is 0 Å².